The monoisotopic (exact) mass is 287 g/mol. The maximum atomic E-state index is 12.5. The molecule has 0 saturated heterocycles. The first kappa shape index (κ1) is 16.2. The van der Waals surface area contributed by atoms with Crippen LogP contribution in [0.2, 0.25) is 0 Å². The molecule has 1 saturated carbocycles. The van der Waals surface area contributed by atoms with E-state index in [9.17, 15) is 4.79 Å². The van der Waals surface area contributed by atoms with E-state index in [1.165, 1.54) is 50.5 Å². The van der Waals surface area contributed by atoms with Gasteiger partial charge in [-0.05, 0) is 38.2 Å². The molecule has 0 bridgehead atoms. The Bertz CT molecular complexity index is 431. The Morgan fingerprint density at radius 1 is 1.19 bits per heavy atom. The minimum absolute atomic E-state index is 0.0745. The van der Waals surface area contributed by atoms with Crippen molar-refractivity contribution in [3.63, 3.8) is 0 Å². The van der Waals surface area contributed by atoms with E-state index in [1.807, 2.05) is 19.1 Å². The highest BCUT2D eigenvalue weighted by molar-refractivity contribution is 5.99. The average Bonchev–Trinajstić information content (AvgIpc) is 2.53. The Labute approximate surface area is 129 Å². The normalized spacial score (nSPS) is 17.6. The lowest BCUT2D eigenvalue weighted by Gasteiger charge is -2.26. The highest BCUT2D eigenvalue weighted by atomic mass is 16.1. The molecule has 1 aromatic rings. The van der Waals surface area contributed by atoms with Gasteiger partial charge in [0.25, 0.3) is 0 Å². The van der Waals surface area contributed by atoms with Crippen LogP contribution in [0, 0.1) is 0 Å². The molecule has 0 aliphatic heterocycles. The van der Waals surface area contributed by atoms with E-state index in [0.717, 1.165) is 12.0 Å². The fraction of sp³-hybridized carbons (Fsp3) is 0.632. The molecule has 0 spiro atoms. The predicted molar refractivity (Wildman–Crippen MR) is 88.9 cm³/mol. The number of ketones is 1. The molecule has 116 valence electrons. The molecule has 0 heterocycles. The third kappa shape index (κ3) is 4.96. The van der Waals surface area contributed by atoms with E-state index >= 15 is 0 Å². The van der Waals surface area contributed by atoms with Crippen molar-refractivity contribution in [3.8, 4) is 0 Å². The average molecular weight is 287 g/mol. The number of aryl methyl sites for hydroxylation is 1. The summed E-state index contributed by atoms with van der Waals surface area (Å²) in [6, 6.07) is 8.65. The number of carbonyl (C=O) groups is 1. The van der Waals surface area contributed by atoms with Gasteiger partial charge < -0.3 is 5.32 Å². The number of carbonyl (C=O) groups excluding carboxylic acids is 1. The Morgan fingerprint density at radius 3 is 2.48 bits per heavy atom. The van der Waals surface area contributed by atoms with Gasteiger partial charge in [-0.2, -0.15) is 0 Å². The SMILES string of the molecule is CCCCc1ccc(C(=O)C(C)NC2CCCCC2)cc1. The predicted octanol–water partition coefficient (Wildman–Crippen LogP) is 4.52. The molecule has 1 fully saturated rings. The molecule has 1 atom stereocenters. The lowest BCUT2D eigenvalue weighted by atomic mass is 9.94. The molecule has 2 rings (SSSR count). The van der Waals surface area contributed by atoms with E-state index < -0.39 is 0 Å². The van der Waals surface area contributed by atoms with Gasteiger partial charge in [-0.15, -0.1) is 0 Å². The molecule has 0 amide bonds. The molecule has 1 unspecified atom stereocenters. The topological polar surface area (TPSA) is 29.1 Å². The summed E-state index contributed by atoms with van der Waals surface area (Å²) >= 11 is 0. The van der Waals surface area contributed by atoms with Gasteiger partial charge in [0.2, 0.25) is 0 Å². The second kappa shape index (κ2) is 8.33. The van der Waals surface area contributed by atoms with E-state index in [4.69, 9.17) is 0 Å². The second-order valence-corrected chi connectivity index (χ2v) is 6.39. The van der Waals surface area contributed by atoms with Crippen LogP contribution < -0.4 is 5.32 Å². The zero-order chi connectivity index (χ0) is 15.1. The van der Waals surface area contributed by atoms with Crippen LogP contribution in [0.25, 0.3) is 0 Å². The summed E-state index contributed by atoms with van der Waals surface area (Å²) in [5, 5.41) is 3.52. The van der Waals surface area contributed by atoms with Gasteiger partial charge in [-0.3, -0.25) is 4.79 Å². The lowest BCUT2D eigenvalue weighted by molar-refractivity contribution is 0.0940. The van der Waals surface area contributed by atoms with Crippen LogP contribution in [0.1, 0.15) is 74.7 Å². The van der Waals surface area contributed by atoms with Crippen LogP contribution in [-0.2, 0) is 6.42 Å². The van der Waals surface area contributed by atoms with Crippen LogP contribution in [0.5, 0.6) is 0 Å². The Hall–Kier alpha value is -1.15. The molecule has 1 aromatic carbocycles. The van der Waals surface area contributed by atoms with E-state index in [-0.39, 0.29) is 11.8 Å². The minimum atomic E-state index is -0.0745. The second-order valence-electron chi connectivity index (χ2n) is 6.39. The first-order valence-corrected chi connectivity index (χ1v) is 8.60. The highest BCUT2D eigenvalue weighted by Crippen LogP contribution is 2.18. The number of rotatable bonds is 7. The molecule has 21 heavy (non-hydrogen) atoms. The zero-order valence-corrected chi connectivity index (χ0v) is 13.5. The number of nitrogens with one attached hydrogen (secondary N) is 1. The highest BCUT2D eigenvalue weighted by Gasteiger charge is 2.20. The standard InChI is InChI=1S/C19H29NO/c1-3-4-8-16-11-13-17(14-12-16)19(21)15(2)20-18-9-6-5-7-10-18/h11-15,18,20H,3-10H2,1-2H3. The van der Waals surface area contributed by atoms with Crippen molar-refractivity contribution in [3.05, 3.63) is 35.4 Å². The Morgan fingerprint density at radius 2 is 1.86 bits per heavy atom. The largest absolute Gasteiger partial charge is 0.305 e. The van der Waals surface area contributed by atoms with Gasteiger partial charge in [0, 0.05) is 11.6 Å². The van der Waals surface area contributed by atoms with E-state index in [1.54, 1.807) is 0 Å². The summed E-state index contributed by atoms with van der Waals surface area (Å²) in [4.78, 5) is 12.5. The summed E-state index contributed by atoms with van der Waals surface area (Å²) in [6.07, 6.45) is 9.91. The number of Topliss-reactive ketones (excluding diaryl/α,β-unsaturated/α-hetero) is 1. The fourth-order valence-corrected chi connectivity index (χ4v) is 3.17. The number of hydrogen-bond acceptors (Lipinski definition) is 2. The molecule has 2 nitrogen and oxygen atoms in total. The molecular weight excluding hydrogens is 258 g/mol. The van der Waals surface area contributed by atoms with Crippen LogP contribution >= 0.6 is 0 Å². The van der Waals surface area contributed by atoms with Crippen molar-refractivity contribution in [2.45, 2.75) is 77.3 Å². The van der Waals surface area contributed by atoms with Crippen molar-refractivity contribution in [2.75, 3.05) is 0 Å². The molecule has 0 aromatic heterocycles. The first-order valence-electron chi connectivity index (χ1n) is 8.60. The van der Waals surface area contributed by atoms with Gasteiger partial charge in [0.05, 0.1) is 6.04 Å². The molecular formula is C19H29NO. The quantitative estimate of drug-likeness (QED) is 0.747. The molecule has 1 aliphatic carbocycles. The maximum Gasteiger partial charge on any atom is 0.179 e. The number of benzene rings is 1. The maximum absolute atomic E-state index is 12.5. The van der Waals surface area contributed by atoms with Crippen molar-refractivity contribution in [2.24, 2.45) is 0 Å². The van der Waals surface area contributed by atoms with Gasteiger partial charge in [0.1, 0.15) is 0 Å². The zero-order valence-electron chi connectivity index (χ0n) is 13.5. The third-order valence-electron chi connectivity index (χ3n) is 4.54. The molecule has 0 radical (unpaired) electrons. The van der Waals surface area contributed by atoms with Crippen LogP contribution in [0.15, 0.2) is 24.3 Å². The van der Waals surface area contributed by atoms with Gasteiger partial charge >= 0.3 is 0 Å². The summed E-state index contributed by atoms with van der Waals surface area (Å²) in [5.74, 6) is 0.225. The molecule has 1 N–H and O–H groups in total. The number of unbranched alkanes of at least 4 members (excludes halogenated alkanes) is 1. The summed E-state index contributed by atoms with van der Waals surface area (Å²) in [7, 11) is 0. The summed E-state index contributed by atoms with van der Waals surface area (Å²) in [5.41, 5.74) is 2.17. The first-order chi connectivity index (χ1) is 10.2. The van der Waals surface area contributed by atoms with Crippen molar-refractivity contribution < 1.29 is 4.79 Å². The van der Waals surface area contributed by atoms with Crippen LogP contribution in [0.4, 0.5) is 0 Å². The van der Waals surface area contributed by atoms with Crippen LogP contribution in [0.3, 0.4) is 0 Å². The Kier molecular flexibility index (Phi) is 6.44. The van der Waals surface area contributed by atoms with Crippen LogP contribution in [-0.4, -0.2) is 17.9 Å². The summed E-state index contributed by atoms with van der Waals surface area (Å²) < 4.78 is 0. The number of hydrogen-bond donors (Lipinski definition) is 1. The fourth-order valence-electron chi connectivity index (χ4n) is 3.17. The lowest BCUT2D eigenvalue weighted by Crippen LogP contribution is -2.42. The van der Waals surface area contributed by atoms with Gasteiger partial charge in [-0.25, -0.2) is 0 Å². The third-order valence-corrected chi connectivity index (χ3v) is 4.54. The molecule has 2 heteroatoms. The van der Waals surface area contributed by atoms with E-state index in [2.05, 4.69) is 24.4 Å². The van der Waals surface area contributed by atoms with Crippen molar-refractivity contribution >= 4 is 5.78 Å². The minimum Gasteiger partial charge on any atom is -0.305 e. The van der Waals surface area contributed by atoms with Gasteiger partial charge in [0.15, 0.2) is 5.78 Å². The van der Waals surface area contributed by atoms with E-state index in [0.29, 0.717) is 6.04 Å². The molecule has 1 aliphatic rings. The Balaban J connectivity index is 1.88. The smallest absolute Gasteiger partial charge is 0.179 e. The van der Waals surface area contributed by atoms with Gasteiger partial charge in [-0.1, -0.05) is 56.9 Å². The van der Waals surface area contributed by atoms with Crippen molar-refractivity contribution in [1.29, 1.82) is 0 Å². The van der Waals surface area contributed by atoms with Crippen molar-refractivity contribution in [1.82, 2.24) is 5.32 Å². The summed E-state index contributed by atoms with van der Waals surface area (Å²) in [6.45, 7) is 4.21.